The quantitative estimate of drug-likeness (QED) is 0.422. The van der Waals surface area contributed by atoms with Gasteiger partial charge in [-0.2, -0.15) is 0 Å². The molecule has 3 rings (SSSR count). The van der Waals surface area contributed by atoms with E-state index >= 15 is 0 Å². The lowest BCUT2D eigenvalue weighted by Crippen LogP contribution is -2.33. The first-order valence-corrected chi connectivity index (χ1v) is 10.3. The lowest BCUT2D eigenvalue weighted by molar-refractivity contribution is -0.148. The van der Waals surface area contributed by atoms with Crippen LogP contribution in [-0.2, 0) is 23.9 Å². The number of rotatable bonds is 7. The van der Waals surface area contributed by atoms with Gasteiger partial charge in [-0.25, -0.2) is 0 Å². The molecule has 0 unspecified atom stereocenters. The van der Waals surface area contributed by atoms with Crippen molar-refractivity contribution in [1.82, 2.24) is 4.90 Å². The minimum absolute atomic E-state index is 0.0135. The van der Waals surface area contributed by atoms with Gasteiger partial charge in [0.2, 0.25) is 11.8 Å². The molecule has 1 fully saturated rings. The molecule has 0 aromatic heterocycles. The molecule has 2 aliphatic rings. The standard InChI is InChI=1S/C23H28N2O5/c1-14(2)16-10-6-7-15(3)21(16)24-19(26)13-30-20(27)11-12-25-22(28)17-8-4-5-9-18(17)23(25)29/h4-7,10,14,17-18H,8-9,11-13H2,1-3H3,(H,24,26)/t17-,18-/m0/s1. The van der Waals surface area contributed by atoms with Gasteiger partial charge < -0.3 is 10.1 Å². The summed E-state index contributed by atoms with van der Waals surface area (Å²) in [6, 6.07) is 5.80. The van der Waals surface area contributed by atoms with Crippen LogP contribution >= 0.6 is 0 Å². The Hall–Kier alpha value is -2.96. The van der Waals surface area contributed by atoms with Crippen molar-refractivity contribution >= 4 is 29.4 Å². The Bertz CT molecular complexity index is 864. The number of ether oxygens (including phenoxy) is 1. The second kappa shape index (κ2) is 9.24. The van der Waals surface area contributed by atoms with Gasteiger partial charge in [-0.3, -0.25) is 24.1 Å². The van der Waals surface area contributed by atoms with Crippen molar-refractivity contribution in [2.24, 2.45) is 11.8 Å². The molecule has 7 nitrogen and oxygen atoms in total. The summed E-state index contributed by atoms with van der Waals surface area (Å²) in [6.07, 6.45) is 4.84. The van der Waals surface area contributed by atoms with Gasteiger partial charge in [0, 0.05) is 12.2 Å². The maximum absolute atomic E-state index is 12.4. The number of aryl methyl sites for hydroxylation is 1. The highest BCUT2D eigenvalue weighted by atomic mass is 16.5. The number of anilines is 1. The van der Waals surface area contributed by atoms with E-state index in [1.165, 1.54) is 0 Å². The van der Waals surface area contributed by atoms with Gasteiger partial charge >= 0.3 is 5.97 Å². The average molecular weight is 412 g/mol. The smallest absolute Gasteiger partial charge is 0.308 e. The van der Waals surface area contributed by atoms with E-state index in [4.69, 9.17) is 4.74 Å². The summed E-state index contributed by atoms with van der Waals surface area (Å²) in [5, 5.41) is 2.82. The number of hydrogen-bond acceptors (Lipinski definition) is 5. The molecule has 1 N–H and O–H groups in total. The topological polar surface area (TPSA) is 92.8 Å². The molecule has 1 aromatic rings. The lowest BCUT2D eigenvalue weighted by atomic mass is 9.85. The number of carbonyl (C=O) groups is 4. The van der Waals surface area contributed by atoms with Gasteiger partial charge in [-0.15, -0.1) is 0 Å². The molecule has 160 valence electrons. The summed E-state index contributed by atoms with van der Waals surface area (Å²) in [4.78, 5) is 50.3. The molecule has 0 saturated carbocycles. The molecule has 1 saturated heterocycles. The van der Waals surface area contributed by atoms with Crippen LogP contribution in [0.15, 0.2) is 30.4 Å². The summed E-state index contributed by atoms with van der Waals surface area (Å²) in [7, 11) is 0. The van der Waals surface area contributed by atoms with Crippen molar-refractivity contribution in [1.29, 1.82) is 0 Å². The molecule has 0 radical (unpaired) electrons. The number of fused-ring (bicyclic) bond motifs is 1. The number of para-hydroxylation sites is 1. The summed E-state index contributed by atoms with van der Waals surface area (Å²) >= 11 is 0. The third-order valence-corrected chi connectivity index (χ3v) is 5.69. The number of allylic oxidation sites excluding steroid dienone is 2. The first kappa shape index (κ1) is 21.7. The van der Waals surface area contributed by atoms with Crippen LogP contribution in [0.5, 0.6) is 0 Å². The highest BCUT2D eigenvalue weighted by Crippen LogP contribution is 2.35. The normalized spacial score (nSPS) is 20.5. The molecule has 3 amide bonds. The fourth-order valence-corrected chi connectivity index (χ4v) is 4.03. The van der Waals surface area contributed by atoms with Gasteiger partial charge in [0.15, 0.2) is 6.61 Å². The van der Waals surface area contributed by atoms with E-state index in [0.29, 0.717) is 12.8 Å². The average Bonchev–Trinajstić information content (AvgIpc) is 2.96. The van der Waals surface area contributed by atoms with E-state index in [1.807, 2.05) is 51.1 Å². The van der Waals surface area contributed by atoms with Crippen LogP contribution in [-0.4, -0.2) is 41.7 Å². The van der Waals surface area contributed by atoms with Crippen LogP contribution in [0.4, 0.5) is 5.69 Å². The van der Waals surface area contributed by atoms with Gasteiger partial charge in [0.05, 0.1) is 18.3 Å². The second-order valence-corrected chi connectivity index (χ2v) is 8.14. The van der Waals surface area contributed by atoms with Crippen LogP contribution in [0.1, 0.15) is 50.2 Å². The molecule has 1 aliphatic heterocycles. The number of benzene rings is 1. The molecule has 2 atom stereocenters. The van der Waals surface area contributed by atoms with Crippen molar-refractivity contribution in [3.63, 3.8) is 0 Å². The van der Waals surface area contributed by atoms with Gasteiger partial charge in [0.1, 0.15) is 0 Å². The number of likely N-dealkylation sites (tertiary alicyclic amines) is 1. The minimum atomic E-state index is -0.618. The molecule has 1 aliphatic carbocycles. The van der Waals surface area contributed by atoms with E-state index in [0.717, 1.165) is 21.7 Å². The summed E-state index contributed by atoms with van der Waals surface area (Å²) < 4.78 is 5.05. The molecule has 0 bridgehead atoms. The lowest BCUT2D eigenvalue weighted by Gasteiger charge is -2.17. The summed E-state index contributed by atoms with van der Waals surface area (Å²) in [5.41, 5.74) is 2.68. The Labute approximate surface area is 176 Å². The zero-order chi connectivity index (χ0) is 21.8. The number of imide groups is 1. The Kier molecular flexibility index (Phi) is 6.70. The highest BCUT2D eigenvalue weighted by Gasteiger charge is 2.46. The second-order valence-electron chi connectivity index (χ2n) is 8.14. The summed E-state index contributed by atoms with van der Waals surface area (Å²) in [6.45, 7) is 5.56. The number of nitrogens with zero attached hydrogens (tertiary/aromatic N) is 1. The van der Waals surface area contributed by atoms with Crippen LogP contribution in [0.3, 0.4) is 0 Å². The van der Waals surface area contributed by atoms with E-state index in [9.17, 15) is 19.2 Å². The molecule has 1 aromatic carbocycles. The van der Waals surface area contributed by atoms with Crippen LogP contribution in [0.25, 0.3) is 0 Å². The predicted molar refractivity (Wildman–Crippen MR) is 112 cm³/mol. The van der Waals surface area contributed by atoms with Crippen LogP contribution < -0.4 is 5.32 Å². The first-order valence-electron chi connectivity index (χ1n) is 10.3. The maximum atomic E-state index is 12.4. The SMILES string of the molecule is Cc1cccc(C(C)C)c1NC(=O)COC(=O)CCN1C(=O)[C@H]2CC=CC[C@@H]2C1=O. The largest absolute Gasteiger partial charge is 0.456 e. The maximum Gasteiger partial charge on any atom is 0.308 e. The van der Waals surface area contributed by atoms with Gasteiger partial charge in [-0.1, -0.05) is 44.2 Å². The molecular weight excluding hydrogens is 384 g/mol. The van der Waals surface area contributed by atoms with Gasteiger partial charge in [0.25, 0.3) is 5.91 Å². The molecule has 30 heavy (non-hydrogen) atoms. The number of esters is 1. The minimum Gasteiger partial charge on any atom is -0.456 e. The third-order valence-electron chi connectivity index (χ3n) is 5.69. The Morgan fingerprint density at radius 3 is 2.37 bits per heavy atom. The van der Waals surface area contributed by atoms with Crippen molar-refractivity contribution in [3.05, 3.63) is 41.5 Å². The van der Waals surface area contributed by atoms with Crippen molar-refractivity contribution in [2.45, 2.75) is 46.0 Å². The fraction of sp³-hybridized carbons (Fsp3) is 0.478. The number of hydrogen-bond donors (Lipinski definition) is 1. The first-order chi connectivity index (χ1) is 14.3. The molecular formula is C23H28N2O5. The van der Waals surface area contributed by atoms with Gasteiger partial charge in [-0.05, 0) is 36.8 Å². The van der Waals surface area contributed by atoms with Crippen molar-refractivity contribution in [3.8, 4) is 0 Å². The molecule has 1 heterocycles. The van der Waals surface area contributed by atoms with Crippen LogP contribution in [0, 0.1) is 18.8 Å². The van der Waals surface area contributed by atoms with E-state index < -0.39 is 18.5 Å². The Morgan fingerprint density at radius 1 is 1.13 bits per heavy atom. The number of amides is 3. The zero-order valence-electron chi connectivity index (χ0n) is 17.6. The van der Waals surface area contributed by atoms with Crippen molar-refractivity contribution in [2.75, 3.05) is 18.5 Å². The fourth-order valence-electron chi connectivity index (χ4n) is 4.03. The predicted octanol–water partition coefficient (Wildman–Crippen LogP) is 2.94. The van der Waals surface area contributed by atoms with E-state index in [-0.39, 0.29) is 42.5 Å². The van der Waals surface area contributed by atoms with Crippen molar-refractivity contribution < 1.29 is 23.9 Å². The highest BCUT2D eigenvalue weighted by molar-refractivity contribution is 6.05. The number of nitrogens with one attached hydrogen (secondary N) is 1. The Balaban J connectivity index is 1.48. The van der Waals surface area contributed by atoms with E-state index in [1.54, 1.807) is 0 Å². The van der Waals surface area contributed by atoms with Crippen LogP contribution in [0.2, 0.25) is 0 Å². The zero-order valence-corrected chi connectivity index (χ0v) is 17.6. The Morgan fingerprint density at radius 2 is 1.77 bits per heavy atom. The molecule has 0 spiro atoms. The van der Waals surface area contributed by atoms with E-state index in [2.05, 4.69) is 5.32 Å². The number of carbonyl (C=O) groups excluding carboxylic acids is 4. The monoisotopic (exact) mass is 412 g/mol. The molecule has 7 heteroatoms. The summed E-state index contributed by atoms with van der Waals surface area (Å²) in [5.74, 6) is -1.88. The third kappa shape index (κ3) is 4.61.